The second-order valence-corrected chi connectivity index (χ2v) is 5.52. The highest BCUT2D eigenvalue weighted by atomic mass is 32.1. The highest BCUT2D eigenvalue weighted by molar-refractivity contribution is 7.15. The first-order valence-corrected chi connectivity index (χ1v) is 6.78. The van der Waals surface area contributed by atoms with E-state index in [1.807, 2.05) is 26.0 Å². The molecule has 2 rings (SSSR count). The van der Waals surface area contributed by atoms with Crippen molar-refractivity contribution >= 4 is 11.3 Å². The Bertz CT molecular complexity index is 517. The highest BCUT2D eigenvalue weighted by Gasteiger charge is 2.10. The molecule has 0 spiro atoms. The quantitative estimate of drug-likeness (QED) is 0.921. The number of nitrogens with zero attached hydrogens (tertiary/aromatic N) is 1. The molecule has 2 N–H and O–H groups in total. The Morgan fingerprint density at radius 1 is 1.33 bits per heavy atom. The van der Waals surface area contributed by atoms with E-state index in [9.17, 15) is 0 Å². The van der Waals surface area contributed by atoms with Crippen LogP contribution in [0.4, 0.5) is 0 Å². The van der Waals surface area contributed by atoms with Crippen LogP contribution in [-0.4, -0.2) is 18.1 Å². The maximum atomic E-state index is 5.81. The zero-order valence-corrected chi connectivity index (χ0v) is 11.8. The van der Waals surface area contributed by atoms with Gasteiger partial charge in [-0.05, 0) is 43.7 Å². The molecule has 96 valence electrons. The molecule has 0 aliphatic rings. The predicted molar refractivity (Wildman–Crippen MR) is 76.2 cm³/mol. The van der Waals surface area contributed by atoms with Gasteiger partial charge < -0.3 is 10.5 Å². The molecule has 0 aliphatic carbocycles. The van der Waals surface area contributed by atoms with Crippen LogP contribution < -0.4 is 10.5 Å². The zero-order valence-electron chi connectivity index (χ0n) is 10.9. The summed E-state index contributed by atoms with van der Waals surface area (Å²) in [7, 11) is 1.67. The lowest BCUT2D eigenvalue weighted by molar-refractivity contribution is 0.415. The van der Waals surface area contributed by atoms with Gasteiger partial charge in [-0.25, -0.2) is 4.98 Å². The first-order chi connectivity index (χ1) is 8.60. The molecule has 0 aliphatic heterocycles. The summed E-state index contributed by atoms with van der Waals surface area (Å²) < 4.78 is 5.16. The lowest BCUT2D eigenvalue weighted by Gasteiger charge is -2.01. The van der Waals surface area contributed by atoms with Crippen LogP contribution in [0.5, 0.6) is 5.75 Å². The summed E-state index contributed by atoms with van der Waals surface area (Å²) in [5, 5.41) is 1.10. The van der Waals surface area contributed by atoms with Gasteiger partial charge in [-0.3, -0.25) is 0 Å². The van der Waals surface area contributed by atoms with Crippen molar-refractivity contribution in [2.24, 2.45) is 5.73 Å². The number of nitrogens with two attached hydrogens (primary N) is 1. The topological polar surface area (TPSA) is 48.1 Å². The van der Waals surface area contributed by atoms with Crippen molar-refractivity contribution in [3.63, 3.8) is 0 Å². The van der Waals surface area contributed by atoms with Gasteiger partial charge in [0.1, 0.15) is 5.75 Å². The van der Waals surface area contributed by atoms with Crippen LogP contribution in [0.25, 0.3) is 10.4 Å². The minimum Gasteiger partial charge on any atom is -0.497 e. The summed E-state index contributed by atoms with van der Waals surface area (Å²) in [4.78, 5) is 5.79. The van der Waals surface area contributed by atoms with Gasteiger partial charge in [0.25, 0.3) is 0 Å². The van der Waals surface area contributed by atoms with E-state index in [2.05, 4.69) is 17.1 Å². The monoisotopic (exact) mass is 262 g/mol. The van der Waals surface area contributed by atoms with Crippen molar-refractivity contribution in [2.75, 3.05) is 7.11 Å². The van der Waals surface area contributed by atoms with Crippen LogP contribution in [-0.2, 0) is 6.42 Å². The Hall–Kier alpha value is -1.39. The molecule has 1 aromatic carbocycles. The number of benzene rings is 1. The van der Waals surface area contributed by atoms with Crippen molar-refractivity contribution in [3.05, 3.63) is 35.0 Å². The Morgan fingerprint density at radius 3 is 2.56 bits per heavy atom. The standard InChI is InChI=1S/C14H18N2OS/c1-9(15)8-13-16-10(2)14(18-13)11-4-6-12(17-3)7-5-11/h4-7,9H,8,15H2,1-3H3. The summed E-state index contributed by atoms with van der Waals surface area (Å²) in [6.45, 7) is 4.05. The molecular formula is C14H18N2OS. The van der Waals surface area contributed by atoms with E-state index < -0.39 is 0 Å². The van der Waals surface area contributed by atoms with E-state index in [0.29, 0.717) is 0 Å². The largest absolute Gasteiger partial charge is 0.497 e. The van der Waals surface area contributed by atoms with E-state index in [4.69, 9.17) is 10.5 Å². The van der Waals surface area contributed by atoms with Crippen LogP contribution in [0.15, 0.2) is 24.3 Å². The Morgan fingerprint density at radius 2 is 2.00 bits per heavy atom. The molecule has 3 nitrogen and oxygen atoms in total. The number of hydrogen-bond donors (Lipinski definition) is 1. The molecule has 0 radical (unpaired) electrons. The molecular weight excluding hydrogens is 244 g/mol. The lowest BCUT2D eigenvalue weighted by Crippen LogP contribution is -2.17. The molecule has 1 aromatic heterocycles. The molecule has 0 amide bonds. The van der Waals surface area contributed by atoms with Crippen LogP contribution in [0.3, 0.4) is 0 Å². The molecule has 0 saturated carbocycles. The molecule has 1 heterocycles. The fourth-order valence-corrected chi connectivity index (χ4v) is 3.04. The number of aromatic nitrogens is 1. The second kappa shape index (κ2) is 5.50. The average molecular weight is 262 g/mol. The molecule has 2 aromatic rings. The third kappa shape index (κ3) is 2.89. The third-order valence-electron chi connectivity index (χ3n) is 2.69. The number of aryl methyl sites for hydroxylation is 1. The lowest BCUT2D eigenvalue weighted by atomic mass is 10.1. The van der Waals surface area contributed by atoms with Crippen LogP contribution in [0, 0.1) is 6.92 Å². The summed E-state index contributed by atoms with van der Waals surface area (Å²) >= 11 is 1.72. The first-order valence-electron chi connectivity index (χ1n) is 5.96. The van der Waals surface area contributed by atoms with Gasteiger partial charge >= 0.3 is 0 Å². The Kier molecular flexibility index (Phi) is 3.99. The van der Waals surface area contributed by atoms with Crippen molar-refractivity contribution in [2.45, 2.75) is 26.3 Å². The first kappa shape index (κ1) is 13.1. The molecule has 1 unspecified atom stereocenters. The van der Waals surface area contributed by atoms with E-state index in [0.717, 1.165) is 22.9 Å². The van der Waals surface area contributed by atoms with E-state index >= 15 is 0 Å². The zero-order chi connectivity index (χ0) is 13.1. The maximum Gasteiger partial charge on any atom is 0.118 e. The third-order valence-corrected chi connectivity index (χ3v) is 3.92. The van der Waals surface area contributed by atoms with Gasteiger partial charge in [-0.15, -0.1) is 11.3 Å². The molecule has 4 heteroatoms. The van der Waals surface area contributed by atoms with Crippen molar-refractivity contribution < 1.29 is 4.74 Å². The number of methoxy groups -OCH3 is 1. The van der Waals surface area contributed by atoms with Gasteiger partial charge in [0.05, 0.1) is 22.7 Å². The SMILES string of the molecule is COc1ccc(-c2sc(CC(C)N)nc2C)cc1. The fraction of sp³-hybridized carbons (Fsp3) is 0.357. The van der Waals surface area contributed by atoms with Gasteiger partial charge in [0, 0.05) is 12.5 Å². The molecule has 1 atom stereocenters. The maximum absolute atomic E-state index is 5.81. The van der Waals surface area contributed by atoms with E-state index in [1.165, 1.54) is 10.4 Å². The smallest absolute Gasteiger partial charge is 0.118 e. The van der Waals surface area contributed by atoms with E-state index in [1.54, 1.807) is 18.4 Å². The average Bonchev–Trinajstić information content (AvgIpc) is 2.69. The number of ether oxygens (including phenoxy) is 1. The summed E-state index contributed by atoms with van der Waals surface area (Å²) in [5.74, 6) is 0.872. The van der Waals surface area contributed by atoms with Gasteiger partial charge in [-0.2, -0.15) is 0 Å². The Balaban J connectivity index is 2.29. The molecule has 0 saturated heterocycles. The minimum absolute atomic E-state index is 0.152. The van der Waals surface area contributed by atoms with Gasteiger partial charge in [-0.1, -0.05) is 0 Å². The molecule has 0 fully saturated rings. The number of hydrogen-bond acceptors (Lipinski definition) is 4. The van der Waals surface area contributed by atoms with E-state index in [-0.39, 0.29) is 6.04 Å². The summed E-state index contributed by atoms with van der Waals surface area (Å²) in [5.41, 5.74) is 8.06. The normalized spacial score (nSPS) is 12.4. The molecule has 0 bridgehead atoms. The van der Waals surface area contributed by atoms with Crippen molar-refractivity contribution in [3.8, 4) is 16.2 Å². The Labute approximate surface area is 112 Å². The van der Waals surface area contributed by atoms with Crippen LogP contribution in [0.2, 0.25) is 0 Å². The van der Waals surface area contributed by atoms with Crippen molar-refractivity contribution in [1.82, 2.24) is 4.98 Å². The predicted octanol–water partition coefficient (Wildman–Crippen LogP) is 3.02. The van der Waals surface area contributed by atoms with Crippen molar-refractivity contribution in [1.29, 1.82) is 0 Å². The summed E-state index contributed by atoms with van der Waals surface area (Å²) in [6, 6.07) is 8.22. The number of rotatable bonds is 4. The van der Waals surface area contributed by atoms with Gasteiger partial charge in [0.2, 0.25) is 0 Å². The van der Waals surface area contributed by atoms with Crippen LogP contribution in [0.1, 0.15) is 17.6 Å². The highest BCUT2D eigenvalue weighted by Crippen LogP contribution is 2.31. The summed E-state index contributed by atoms with van der Waals surface area (Å²) in [6.07, 6.45) is 0.835. The second-order valence-electron chi connectivity index (χ2n) is 4.43. The fourth-order valence-electron chi connectivity index (χ4n) is 1.83. The molecule has 18 heavy (non-hydrogen) atoms. The minimum atomic E-state index is 0.152. The van der Waals surface area contributed by atoms with Gasteiger partial charge in [0.15, 0.2) is 0 Å². The number of thiazole rings is 1. The van der Waals surface area contributed by atoms with Crippen LogP contribution >= 0.6 is 11.3 Å².